The monoisotopic (exact) mass is 365 g/mol. The fourth-order valence-electron chi connectivity index (χ4n) is 2.42. The Labute approximate surface area is 149 Å². The van der Waals surface area contributed by atoms with E-state index in [1.807, 2.05) is 6.92 Å². The van der Waals surface area contributed by atoms with Gasteiger partial charge in [0.15, 0.2) is 0 Å². The fourth-order valence-corrected chi connectivity index (χ4v) is 2.91. The molecule has 1 aromatic carbocycles. The second-order valence-corrected chi connectivity index (χ2v) is 6.65. The molecule has 8 nitrogen and oxygen atoms in total. The number of non-ortho nitro benzene ring substituents is 1. The molecule has 0 fully saturated rings. The molecule has 0 spiro atoms. The summed E-state index contributed by atoms with van der Waals surface area (Å²) in [6.07, 6.45) is 0. The average molecular weight is 365 g/mol. The molecular weight excluding hydrogens is 346 g/mol. The number of rotatable bonds is 7. The molecule has 0 radical (unpaired) electrons. The number of carbonyl (C=O) groups excluding carboxylic acids is 2. The first-order chi connectivity index (χ1) is 11.9. The minimum atomic E-state index is -0.721. The van der Waals surface area contributed by atoms with Crippen LogP contribution in [0.3, 0.4) is 0 Å². The van der Waals surface area contributed by atoms with Crippen molar-refractivity contribution >= 4 is 29.4 Å². The van der Waals surface area contributed by atoms with Crippen molar-refractivity contribution in [3.63, 3.8) is 0 Å². The van der Waals surface area contributed by atoms with Crippen molar-refractivity contribution in [1.29, 1.82) is 0 Å². The van der Waals surface area contributed by atoms with Gasteiger partial charge in [0.05, 0.1) is 16.5 Å². The number of hydrogen-bond donors (Lipinski definition) is 2. The average Bonchev–Trinajstić information content (AvgIpc) is 2.58. The molecule has 0 aliphatic carbocycles. The predicted molar refractivity (Wildman–Crippen MR) is 94.2 cm³/mol. The number of nitrogens with zero attached hydrogens (tertiary/aromatic N) is 1. The number of nitro benzene ring substituents is 1. The van der Waals surface area contributed by atoms with Crippen molar-refractivity contribution in [2.75, 3.05) is 18.1 Å². The largest absolute Gasteiger partial charge is 0.461 e. The highest BCUT2D eigenvalue weighted by Crippen LogP contribution is 2.28. The normalized spacial score (nSPS) is 16.9. The number of allylic oxidation sites excluding steroid dienone is 1. The van der Waals surface area contributed by atoms with E-state index in [4.69, 9.17) is 4.74 Å². The number of urea groups is 1. The highest BCUT2D eigenvalue weighted by Gasteiger charge is 2.32. The molecule has 1 aliphatic heterocycles. The zero-order valence-electron chi connectivity index (χ0n) is 13.9. The molecule has 2 amide bonds. The van der Waals surface area contributed by atoms with Gasteiger partial charge in [-0.25, -0.2) is 9.59 Å². The first-order valence-electron chi connectivity index (χ1n) is 7.71. The van der Waals surface area contributed by atoms with E-state index in [1.165, 1.54) is 24.3 Å². The lowest BCUT2D eigenvalue weighted by Gasteiger charge is -2.28. The van der Waals surface area contributed by atoms with E-state index in [2.05, 4.69) is 10.6 Å². The molecule has 0 saturated heterocycles. The molecule has 1 aromatic rings. The Kier molecular flexibility index (Phi) is 6.40. The molecule has 134 valence electrons. The maximum Gasteiger partial charge on any atom is 0.338 e. The highest BCUT2D eigenvalue weighted by molar-refractivity contribution is 7.99. The van der Waals surface area contributed by atoms with Crippen LogP contribution >= 0.6 is 11.8 Å². The van der Waals surface area contributed by atoms with Crippen molar-refractivity contribution < 1.29 is 19.2 Å². The lowest BCUT2D eigenvalue weighted by atomic mass is 9.95. The van der Waals surface area contributed by atoms with Crippen LogP contribution < -0.4 is 10.6 Å². The van der Waals surface area contributed by atoms with Crippen LogP contribution in [0.5, 0.6) is 0 Å². The SMILES string of the molecule is CCSCCOC(=O)C1=C(C)NC(=O)N[C@H]1c1ccc([N+](=O)[O-])cc1. The minimum absolute atomic E-state index is 0.0644. The molecule has 25 heavy (non-hydrogen) atoms. The number of nitrogens with one attached hydrogen (secondary N) is 2. The number of ether oxygens (including phenoxy) is 1. The van der Waals surface area contributed by atoms with Gasteiger partial charge in [-0.2, -0.15) is 11.8 Å². The van der Waals surface area contributed by atoms with Gasteiger partial charge in [-0.05, 0) is 30.4 Å². The quantitative estimate of drug-likeness (QED) is 0.332. The minimum Gasteiger partial charge on any atom is -0.461 e. The molecule has 1 heterocycles. The van der Waals surface area contributed by atoms with E-state index in [-0.39, 0.29) is 17.9 Å². The van der Waals surface area contributed by atoms with Crippen molar-refractivity contribution in [3.05, 3.63) is 51.2 Å². The Balaban J connectivity index is 2.23. The molecule has 2 rings (SSSR count). The lowest BCUT2D eigenvalue weighted by molar-refractivity contribution is -0.384. The van der Waals surface area contributed by atoms with Crippen LogP contribution in [0, 0.1) is 10.1 Å². The third-order valence-electron chi connectivity index (χ3n) is 3.59. The molecule has 0 bridgehead atoms. The number of nitro groups is 1. The Hall–Kier alpha value is -2.55. The summed E-state index contributed by atoms with van der Waals surface area (Å²) in [7, 11) is 0. The summed E-state index contributed by atoms with van der Waals surface area (Å²) in [4.78, 5) is 34.5. The molecule has 1 atom stereocenters. The van der Waals surface area contributed by atoms with Crippen LogP contribution in [-0.2, 0) is 9.53 Å². The Morgan fingerprint density at radius 2 is 2.04 bits per heavy atom. The number of carbonyl (C=O) groups is 2. The predicted octanol–water partition coefficient (Wildman–Crippen LogP) is 2.52. The smallest absolute Gasteiger partial charge is 0.338 e. The van der Waals surface area contributed by atoms with E-state index in [1.54, 1.807) is 18.7 Å². The van der Waals surface area contributed by atoms with Gasteiger partial charge in [-0.1, -0.05) is 6.92 Å². The van der Waals surface area contributed by atoms with E-state index >= 15 is 0 Å². The number of hydrogen-bond acceptors (Lipinski definition) is 6. The molecule has 1 aliphatic rings. The van der Waals surface area contributed by atoms with Gasteiger partial charge in [0.25, 0.3) is 5.69 Å². The summed E-state index contributed by atoms with van der Waals surface area (Å²) in [6.45, 7) is 3.91. The fraction of sp³-hybridized carbons (Fsp3) is 0.375. The molecule has 0 unspecified atom stereocenters. The number of thioether (sulfide) groups is 1. The van der Waals surface area contributed by atoms with Crippen LogP contribution in [0.2, 0.25) is 0 Å². The van der Waals surface area contributed by atoms with Crippen molar-refractivity contribution in [1.82, 2.24) is 10.6 Å². The topological polar surface area (TPSA) is 111 Å². The van der Waals surface area contributed by atoms with Crippen LogP contribution in [0.4, 0.5) is 10.5 Å². The van der Waals surface area contributed by atoms with E-state index < -0.39 is 23.0 Å². The highest BCUT2D eigenvalue weighted by atomic mass is 32.2. The summed E-state index contributed by atoms with van der Waals surface area (Å²) in [5.74, 6) is 1.10. The first kappa shape index (κ1) is 18.8. The van der Waals surface area contributed by atoms with Crippen LogP contribution in [0.25, 0.3) is 0 Å². The van der Waals surface area contributed by atoms with Gasteiger partial charge in [-0.15, -0.1) is 0 Å². The molecule has 0 aromatic heterocycles. The van der Waals surface area contributed by atoms with E-state index in [0.717, 1.165) is 5.75 Å². The van der Waals surface area contributed by atoms with Crippen molar-refractivity contribution in [3.8, 4) is 0 Å². The van der Waals surface area contributed by atoms with Crippen LogP contribution in [0.1, 0.15) is 25.5 Å². The van der Waals surface area contributed by atoms with E-state index in [0.29, 0.717) is 17.0 Å². The molecule has 9 heteroatoms. The second kappa shape index (κ2) is 8.52. The Bertz CT molecular complexity index is 702. The number of benzene rings is 1. The Morgan fingerprint density at radius 1 is 1.36 bits per heavy atom. The van der Waals surface area contributed by atoms with Gasteiger partial charge in [0.2, 0.25) is 0 Å². The lowest BCUT2D eigenvalue weighted by Crippen LogP contribution is -2.45. The zero-order valence-corrected chi connectivity index (χ0v) is 14.7. The summed E-state index contributed by atoms with van der Waals surface area (Å²) in [5.41, 5.74) is 1.19. The van der Waals surface area contributed by atoms with E-state index in [9.17, 15) is 19.7 Å². The summed E-state index contributed by atoms with van der Waals surface area (Å²) in [5, 5.41) is 16.0. The third-order valence-corrected chi connectivity index (χ3v) is 4.45. The van der Waals surface area contributed by atoms with Crippen LogP contribution in [-0.4, -0.2) is 35.0 Å². The Morgan fingerprint density at radius 3 is 2.64 bits per heavy atom. The van der Waals surface area contributed by atoms with Gasteiger partial charge in [0.1, 0.15) is 6.61 Å². The van der Waals surface area contributed by atoms with Gasteiger partial charge in [0, 0.05) is 23.6 Å². The maximum absolute atomic E-state index is 12.4. The molecular formula is C16H19N3O5S. The second-order valence-electron chi connectivity index (χ2n) is 5.25. The maximum atomic E-state index is 12.4. The van der Waals surface area contributed by atoms with Crippen LogP contribution in [0.15, 0.2) is 35.5 Å². The molecule has 0 saturated carbocycles. The summed E-state index contributed by atoms with van der Waals surface area (Å²) >= 11 is 1.66. The van der Waals surface area contributed by atoms with Crippen molar-refractivity contribution in [2.24, 2.45) is 0 Å². The standard InChI is InChI=1S/C16H19N3O5S/c1-3-25-9-8-24-15(20)13-10(2)17-16(21)18-14(13)11-4-6-12(7-5-11)19(22)23/h4-7,14H,3,8-9H2,1-2H3,(H2,17,18,21)/t14-/m0/s1. The third kappa shape index (κ3) is 4.72. The summed E-state index contributed by atoms with van der Waals surface area (Å²) in [6, 6.07) is 4.53. The van der Waals surface area contributed by atoms with Gasteiger partial charge in [-0.3, -0.25) is 10.1 Å². The number of esters is 1. The van der Waals surface area contributed by atoms with Crippen molar-refractivity contribution in [2.45, 2.75) is 19.9 Å². The van der Waals surface area contributed by atoms with Gasteiger partial charge >= 0.3 is 12.0 Å². The number of amides is 2. The first-order valence-corrected chi connectivity index (χ1v) is 8.87. The summed E-state index contributed by atoms with van der Waals surface area (Å²) < 4.78 is 5.29. The molecule has 2 N–H and O–H groups in total. The van der Waals surface area contributed by atoms with Gasteiger partial charge < -0.3 is 15.4 Å². The zero-order chi connectivity index (χ0) is 18.4.